The number of benzene rings is 2. The monoisotopic (exact) mass is 470 g/mol. The molecule has 2 amide bonds. The summed E-state index contributed by atoms with van der Waals surface area (Å²) in [5.41, 5.74) is 4.05. The Bertz CT molecular complexity index is 854. The number of hydrogen-bond donors (Lipinski definition) is 0. The highest BCUT2D eigenvalue weighted by Crippen LogP contribution is 2.25. The summed E-state index contributed by atoms with van der Waals surface area (Å²) in [6, 6.07) is 17.8. The van der Waals surface area contributed by atoms with Gasteiger partial charge in [-0.15, -0.1) is 0 Å². The molecule has 0 bridgehead atoms. The molecule has 160 valence electrons. The van der Waals surface area contributed by atoms with Gasteiger partial charge in [0.05, 0.1) is 6.54 Å². The molecular weight excluding hydrogens is 440 g/mol. The number of rotatable bonds is 6. The summed E-state index contributed by atoms with van der Waals surface area (Å²) >= 11 is 3.64. The summed E-state index contributed by atoms with van der Waals surface area (Å²) in [4.78, 5) is 28.0. The third kappa shape index (κ3) is 6.64. The number of halogens is 1. The number of piperidine rings is 1. The lowest BCUT2D eigenvalue weighted by molar-refractivity contribution is -0.115. The number of nitrogens with zero attached hydrogens (tertiary/aromatic N) is 2. The average Bonchev–Trinajstić information content (AvgIpc) is 2.80. The lowest BCUT2D eigenvalue weighted by atomic mass is 10.0. The van der Waals surface area contributed by atoms with Gasteiger partial charge in [0.2, 0.25) is 6.41 Å². The van der Waals surface area contributed by atoms with Crippen LogP contribution in [0.4, 0.5) is 0 Å². The minimum Gasteiger partial charge on any atom is -0.298 e. The van der Waals surface area contributed by atoms with Gasteiger partial charge < -0.3 is 0 Å². The van der Waals surface area contributed by atoms with E-state index in [0.29, 0.717) is 12.0 Å². The molecule has 2 aromatic carbocycles. The standard InChI is InChI=1S/C23H25BrN2O2.C2H6/c1-18-7-5-6-10-21(18)23(28)26(17-27)16-22(24)20-11-13-25(14-12-20)15-19-8-3-2-4-9-19;1-2/h2-10,17H,11-16H2,1H3;1-2H3. The minimum atomic E-state index is -0.257. The van der Waals surface area contributed by atoms with E-state index in [9.17, 15) is 9.59 Å². The van der Waals surface area contributed by atoms with Crippen LogP contribution in [0.1, 0.15) is 48.2 Å². The van der Waals surface area contributed by atoms with Crippen LogP contribution < -0.4 is 0 Å². The summed E-state index contributed by atoms with van der Waals surface area (Å²) < 4.78 is 0.945. The molecule has 0 aromatic heterocycles. The summed E-state index contributed by atoms with van der Waals surface area (Å²) in [5.74, 6) is -0.257. The zero-order valence-electron chi connectivity index (χ0n) is 18.1. The van der Waals surface area contributed by atoms with Gasteiger partial charge in [-0.3, -0.25) is 19.4 Å². The molecule has 1 saturated heterocycles. The number of imide groups is 1. The van der Waals surface area contributed by atoms with E-state index < -0.39 is 0 Å². The van der Waals surface area contributed by atoms with E-state index >= 15 is 0 Å². The van der Waals surface area contributed by atoms with Crippen LogP contribution in [0.2, 0.25) is 0 Å². The number of likely N-dealkylation sites (tertiary alicyclic amines) is 1. The number of amides is 2. The molecule has 4 nitrogen and oxygen atoms in total. The Hall–Kier alpha value is -2.24. The number of carbonyl (C=O) groups excluding carboxylic acids is 2. The van der Waals surface area contributed by atoms with Gasteiger partial charge in [0.25, 0.3) is 5.91 Å². The van der Waals surface area contributed by atoms with Crippen molar-refractivity contribution in [3.8, 4) is 0 Å². The molecule has 1 fully saturated rings. The Morgan fingerprint density at radius 1 is 1.03 bits per heavy atom. The molecule has 2 aromatic rings. The summed E-state index contributed by atoms with van der Waals surface area (Å²) in [6.45, 7) is 9.08. The Morgan fingerprint density at radius 3 is 2.23 bits per heavy atom. The SMILES string of the molecule is CC.Cc1ccccc1C(=O)N(C=O)CC(Br)=C1CCN(Cc2ccccc2)CC1. The predicted octanol–water partition coefficient (Wildman–Crippen LogP) is 5.56. The van der Waals surface area contributed by atoms with Crippen molar-refractivity contribution < 1.29 is 9.59 Å². The van der Waals surface area contributed by atoms with E-state index in [0.717, 1.165) is 42.5 Å². The van der Waals surface area contributed by atoms with Crippen molar-refractivity contribution in [1.82, 2.24) is 9.80 Å². The maximum Gasteiger partial charge on any atom is 0.260 e. The molecule has 1 aliphatic rings. The molecule has 3 rings (SSSR count). The Morgan fingerprint density at radius 2 is 1.63 bits per heavy atom. The topological polar surface area (TPSA) is 40.6 Å². The van der Waals surface area contributed by atoms with Crippen LogP contribution in [0, 0.1) is 6.92 Å². The van der Waals surface area contributed by atoms with Gasteiger partial charge in [-0.05, 0) is 37.0 Å². The molecule has 1 aliphatic heterocycles. The minimum absolute atomic E-state index is 0.257. The van der Waals surface area contributed by atoms with Crippen LogP contribution in [0.3, 0.4) is 0 Å². The predicted molar refractivity (Wildman–Crippen MR) is 127 cm³/mol. The fraction of sp³-hybridized carbons (Fsp3) is 0.360. The highest BCUT2D eigenvalue weighted by molar-refractivity contribution is 9.11. The van der Waals surface area contributed by atoms with Gasteiger partial charge in [-0.2, -0.15) is 0 Å². The molecule has 0 aliphatic carbocycles. The maximum absolute atomic E-state index is 12.7. The Kier molecular flexibility index (Phi) is 9.98. The molecule has 0 atom stereocenters. The molecule has 1 heterocycles. The number of carbonyl (C=O) groups is 2. The normalized spacial score (nSPS) is 13.8. The maximum atomic E-state index is 12.7. The Labute approximate surface area is 188 Å². The van der Waals surface area contributed by atoms with Gasteiger partial charge in [-0.1, -0.05) is 83.9 Å². The first-order valence-electron chi connectivity index (χ1n) is 10.5. The number of hydrogen-bond acceptors (Lipinski definition) is 3. The van der Waals surface area contributed by atoms with Crippen LogP contribution in [0.25, 0.3) is 0 Å². The van der Waals surface area contributed by atoms with Crippen LogP contribution in [-0.4, -0.2) is 41.8 Å². The van der Waals surface area contributed by atoms with E-state index in [1.54, 1.807) is 6.07 Å². The van der Waals surface area contributed by atoms with Crippen LogP contribution in [0.5, 0.6) is 0 Å². The first-order chi connectivity index (χ1) is 14.6. The van der Waals surface area contributed by atoms with E-state index in [4.69, 9.17) is 0 Å². The zero-order chi connectivity index (χ0) is 21.9. The summed E-state index contributed by atoms with van der Waals surface area (Å²) in [7, 11) is 0. The van der Waals surface area contributed by atoms with Gasteiger partial charge in [-0.25, -0.2) is 0 Å². The smallest absolute Gasteiger partial charge is 0.260 e. The molecule has 0 unspecified atom stereocenters. The lowest BCUT2D eigenvalue weighted by Gasteiger charge is -2.29. The van der Waals surface area contributed by atoms with E-state index in [2.05, 4.69) is 45.1 Å². The Balaban J connectivity index is 0.00000155. The van der Waals surface area contributed by atoms with Crippen molar-refractivity contribution in [3.05, 3.63) is 81.3 Å². The largest absolute Gasteiger partial charge is 0.298 e. The van der Waals surface area contributed by atoms with E-state index in [1.807, 2.05) is 45.0 Å². The fourth-order valence-corrected chi connectivity index (χ4v) is 4.15. The molecule has 30 heavy (non-hydrogen) atoms. The average molecular weight is 471 g/mol. The molecule has 0 saturated carbocycles. The van der Waals surface area contributed by atoms with E-state index in [1.165, 1.54) is 16.0 Å². The second kappa shape index (κ2) is 12.5. The van der Waals surface area contributed by atoms with Crippen molar-refractivity contribution in [1.29, 1.82) is 0 Å². The third-order valence-corrected chi connectivity index (χ3v) is 5.98. The quantitative estimate of drug-likeness (QED) is 0.518. The summed E-state index contributed by atoms with van der Waals surface area (Å²) in [5, 5.41) is 0. The highest BCUT2D eigenvalue weighted by Gasteiger charge is 2.21. The van der Waals surface area contributed by atoms with Gasteiger partial charge in [0.15, 0.2) is 0 Å². The van der Waals surface area contributed by atoms with Crippen molar-refractivity contribution in [2.75, 3.05) is 19.6 Å². The first kappa shape index (κ1) is 24.0. The fourth-order valence-electron chi connectivity index (χ4n) is 3.48. The molecule has 0 N–H and O–H groups in total. The van der Waals surface area contributed by atoms with Gasteiger partial charge in [0, 0.05) is 29.7 Å². The van der Waals surface area contributed by atoms with Crippen LogP contribution in [0.15, 0.2) is 64.7 Å². The second-order valence-electron chi connectivity index (χ2n) is 7.12. The van der Waals surface area contributed by atoms with Crippen molar-refractivity contribution >= 4 is 28.2 Å². The number of aryl methyl sites for hydroxylation is 1. The lowest BCUT2D eigenvalue weighted by Crippen LogP contribution is -2.33. The zero-order valence-corrected chi connectivity index (χ0v) is 19.7. The molecular formula is C25H31BrN2O2. The van der Waals surface area contributed by atoms with Crippen LogP contribution >= 0.6 is 15.9 Å². The van der Waals surface area contributed by atoms with E-state index in [-0.39, 0.29) is 12.5 Å². The van der Waals surface area contributed by atoms with Gasteiger partial charge in [0.1, 0.15) is 0 Å². The van der Waals surface area contributed by atoms with Crippen molar-refractivity contribution in [2.45, 2.75) is 40.2 Å². The third-order valence-electron chi connectivity index (χ3n) is 5.16. The molecule has 0 spiro atoms. The first-order valence-corrected chi connectivity index (χ1v) is 11.3. The van der Waals surface area contributed by atoms with Gasteiger partial charge >= 0.3 is 0 Å². The second-order valence-corrected chi connectivity index (χ2v) is 8.08. The molecule has 5 heteroatoms. The molecule has 0 radical (unpaired) electrons. The van der Waals surface area contributed by atoms with Crippen molar-refractivity contribution in [2.24, 2.45) is 0 Å². The highest BCUT2D eigenvalue weighted by atomic mass is 79.9. The van der Waals surface area contributed by atoms with Crippen LogP contribution in [-0.2, 0) is 11.3 Å². The summed E-state index contributed by atoms with van der Waals surface area (Å²) in [6.07, 6.45) is 2.51. The van der Waals surface area contributed by atoms with Crippen molar-refractivity contribution in [3.63, 3.8) is 0 Å².